The van der Waals surface area contributed by atoms with E-state index in [1.165, 1.54) is 14.2 Å². The zero-order valence-corrected chi connectivity index (χ0v) is 11.9. The van der Waals surface area contributed by atoms with Gasteiger partial charge < -0.3 is 9.47 Å². The van der Waals surface area contributed by atoms with E-state index < -0.39 is 28.8 Å². The van der Waals surface area contributed by atoms with E-state index in [9.17, 15) is 19.7 Å². The number of nitro groups is 1. The second kappa shape index (κ2) is 7.98. The highest BCUT2D eigenvalue weighted by molar-refractivity contribution is 5.79. The van der Waals surface area contributed by atoms with Gasteiger partial charge in [-0.15, -0.1) is 0 Å². The Kier molecular flexibility index (Phi) is 6.32. The van der Waals surface area contributed by atoms with Gasteiger partial charge in [-0.1, -0.05) is 30.3 Å². The third-order valence-electron chi connectivity index (χ3n) is 3.12. The average Bonchev–Trinajstić information content (AvgIpc) is 2.50. The van der Waals surface area contributed by atoms with Crippen LogP contribution in [0.3, 0.4) is 0 Å². The number of nitrogens with zero attached hydrogens (tertiary/aromatic N) is 1. The van der Waals surface area contributed by atoms with Crippen molar-refractivity contribution >= 4 is 11.9 Å². The number of hydrogen-bond acceptors (Lipinski definition) is 6. The minimum Gasteiger partial charge on any atom is -0.469 e. The largest absolute Gasteiger partial charge is 0.469 e. The second-order valence-corrected chi connectivity index (χ2v) is 4.45. The summed E-state index contributed by atoms with van der Waals surface area (Å²) in [5.74, 6) is -2.19. The molecule has 1 rings (SSSR count). The number of carbonyl (C=O) groups is 2. The van der Waals surface area contributed by atoms with Gasteiger partial charge in [0.1, 0.15) is 0 Å². The predicted molar refractivity (Wildman–Crippen MR) is 72.9 cm³/mol. The summed E-state index contributed by atoms with van der Waals surface area (Å²) in [7, 11) is 2.37. The van der Waals surface area contributed by atoms with Gasteiger partial charge in [0, 0.05) is 16.9 Å². The fourth-order valence-electron chi connectivity index (χ4n) is 2.00. The summed E-state index contributed by atoms with van der Waals surface area (Å²) in [5.41, 5.74) is 0.473. The molecule has 0 saturated heterocycles. The van der Waals surface area contributed by atoms with Crippen molar-refractivity contribution in [2.24, 2.45) is 5.92 Å². The molecule has 1 aromatic carbocycles. The number of carbonyl (C=O) groups excluding carboxylic acids is 2. The molecule has 0 aliphatic carbocycles. The Bertz CT molecular complexity index is 501. The summed E-state index contributed by atoms with van der Waals surface area (Å²) in [6.45, 7) is 0. The lowest BCUT2D eigenvalue weighted by molar-refractivity contribution is -0.531. The zero-order chi connectivity index (χ0) is 15.8. The van der Waals surface area contributed by atoms with Crippen LogP contribution in [0.4, 0.5) is 0 Å². The molecule has 0 aliphatic rings. The lowest BCUT2D eigenvalue weighted by Crippen LogP contribution is -2.25. The molecule has 0 fully saturated rings. The van der Waals surface area contributed by atoms with Gasteiger partial charge in [0.2, 0.25) is 6.04 Å². The number of benzene rings is 1. The molecule has 0 spiro atoms. The maximum Gasteiger partial charge on any atom is 0.309 e. The van der Waals surface area contributed by atoms with Crippen LogP contribution in [0, 0.1) is 16.0 Å². The number of hydrogen-bond donors (Lipinski definition) is 0. The maximum absolute atomic E-state index is 11.7. The van der Waals surface area contributed by atoms with Crippen molar-refractivity contribution < 1.29 is 24.0 Å². The molecule has 0 heterocycles. The summed E-state index contributed by atoms with van der Waals surface area (Å²) in [5, 5.41) is 11.2. The van der Waals surface area contributed by atoms with Gasteiger partial charge in [-0.25, -0.2) is 0 Å². The van der Waals surface area contributed by atoms with Crippen LogP contribution in [0.2, 0.25) is 0 Å². The lowest BCUT2D eigenvalue weighted by Gasteiger charge is -2.16. The van der Waals surface area contributed by atoms with Crippen LogP contribution in [0.1, 0.15) is 24.4 Å². The highest BCUT2D eigenvalue weighted by Gasteiger charge is 2.33. The van der Waals surface area contributed by atoms with Gasteiger partial charge in [0.05, 0.1) is 26.6 Å². The fraction of sp³-hybridized carbons (Fsp3) is 0.429. The van der Waals surface area contributed by atoms with E-state index in [0.29, 0.717) is 5.56 Å². The van der Waals surface area contributed by atoms with Gasteiger partial charge in [-0.3, -0.25) is 19.7 Å². The molecular weight excluding hydrogens is 278 g/mol. The van der Waals surface area contributed by atoms with E-state index in [0.717, 1.165) is 0 Å². The molecule has 0 aliphatic heterocycles. The van der Waals surface area contributed by atoms with Crippen LogP contribution >= 0.6 is 0 Å². The van der Waals surface area contributed by atoms with E-state index >= 15 is 0 Å². The summed E-state index contributed by atoms with van der Waals surface area (Å²) in [4.78, 5) is 33.8. The van der Waals surface area contributed by atoms with Crippen molar-refractivity contribution in [1.29, 1.82) is 0 Å². The van der Waals surface area contributed by atoms with Gasteiger partial charge in [0.25, 0.3) is 0 Å². The molecule has 114 valence electrons. The number of esters is 2. The van der Waals surface area contributed by atoms with Gasteiger partial charge in [-0.05, 0) is 0 Å². The number of methoxy groups -OCH3 is 2. The Hall–Kier alpha value is -2.44. The van der Waals surface area contributed by atoms with Crippen LogP contribution in [0.5, 0.6) is 0 Å². The molecule has 2 atom stereocenters. The van der Waals surface area contributed by atoms with Gasteiger partial charge >= 0.3 is 11.9 Å². The van der Waals surface area contributed by atoms with Crippen LogP contribution in [-0.2, 0) is 19.1 Å². The van der Waals surface area contributed by atoms with Crippen molar-refractivity contribution in [1.82, 2.24) is 0 Å². The number of ether oxygens (including phenoxy) is 2. The van der Waals surface area contributed by atoms with Crippen molar-refractivity contribution in [2.45, 2.75) is 18.9 Å². The Morgan fingerprint density at radius 2 is 1.81 bits per heavy atom. The minimum absolute atomic E-state index is 0.126. The summed E-state index contributed by atoms with van der Waals surface area (Å²) in [6.07, 6.45) is -0.376. The molecule has 7 nitrogen and oxygen atoms in total. The van der Waals surface area contributed by atoms with E-state index in [1.54, 1.807) is 30.3 Å². The lowest BCUT2D eigenvalue weighted by atomic mass is 9.93. The third-order valence-corrected chi connectivity index (χ3v) is 3.12. The van der Waals surface area contributed by atoms with Crippen LogP contribution in [0.15, 0.2) is 30.3 Å². The van der Waals surface area contributed by atoms with E-state index in [2.05, 4.69) is 9.47 Å². The van der Waals surface area contributed by atoms with E-state index in [1.807, 2.05) is 0 Å². The Morgan fingerprint density at radius 3 is 2.29 bits per heavy atom. The summed E-state index contributed by atoms with van der Waals surface area (Å²) >= 11 is 0. The van der Waals surface area contributed by atoms with Crippen molar-refractivity contribution in [3.05, 3.63) is 46.0 Å². The Balaban J connectivity index is 2.94. The highest BCUT2D eigenvalue weighted by Crippen LogP contribution is 2.27. The highest BCUT2D eigenvalue weighted by atomic mass is 16.6. The second-order valence-electron chi connectivity index (χ2n) is 4.45. The molecule has 0 aromatic heterocycles. The minimum atomic E-state index is -1.08. The first-order chi connectivity index (χ1) is 9.99. The first kappa shape index (κ1) is 16.6. The molecule has 0 bridgehead atoms. The van der Waals surface area contributed by atoms with Crippen LogP contribution < -0.4 is 0 Å². The first-order valence-electron chi connectivity index (χ1n) is 6.32. The SMILES string of the molecule is COC(=O)CC(C[C@@H](c1ccccc1)[N+](=O)[O-])C(=O)OC. The third kappa shape index (κ3) is 4.87. The quantitative estimate of drug-likeness (QED) is 0.432. The van der Waals surface area contributed by atoms with Crippen LogP contribution in [0.25, 0.3) is 0 Å². The molecule has 0 saturated carbocycles. The molecular formula is C14H17NO6. The summed E-state index contributed by atoms with van der Waals surface area (Å²) in [6, 6.07) is 7.24. The van der Waals surface area contributed by atoms with Gasteiger partial charge in [0.15, 0.2) is 0 Å². The molecule has 1 aromatic rings. The van der Waals surface area contributed by atoms with E-state index in [-0.39, 0.29) is 12.8 Å². The maximum atomic E-state index is 11.7. The molecule has 0 radical (unpaired) electrons. The van der Waals surface area contributed by atoms with Crippen molar-refractivity contribution in [2.75, 3.05) is 14.2 Å². The average molecular weight is 295 g/mol. The standard InChI is InChI=1S/C14H17NO6/c1-20-13(16)9-11(14(17)21-2)8-12(15(18)19)10-6-4-3-5-7-10/h3-7,11-12H,8-9H2,1-2H3/t11?,12-/m0/s1. The van der Waals surface area contributed by atoms with Gasteiger partial charge in [-0.2, -0.15) is 0 Å². The molecule has 7 heteroatoms. The number of rotatable bonds is 7. The first-order valence-corrected chi connectivity index (χ1v) is 6.32. The normalized spacial score (nSPS) is 13.0. The fourth-order valence-corrected chi connectivity index (χ4v) is 2.00. The molecule has 21 heavy (non-hydrogen) atoms. The molecule has 1 unspecified atom stereocenters. The smallest absolute Gasteiger partial charge is 0.309 e. The predicted octanol–water partition coefficient (Wildman–Crippen LogP) is 1.75. The van der Waals surface area contributed by atoms with Crippen molar-refractivity contribution in [3.8, 4) is 0 Å². The van der Waals surface area contributed by atoms with Crippen LogP contribution in [-0.4, -0.2) is 31.1 Å². The zero-order valence-electron chi connectivity index (χ0n) is 11.9. The van der Waals surface area contributed by atoms with Crippen molar-refractivity contribution in [3.63, 3.8) is 0 Å². The Morgan fingerprint density at radius 1 is 1.19 bits per heavy atom. The van der Waals surface area contributed by atoms with E-state index in [4.69, 9.17) is 0 Å². The Labute approximate surface area is 122 Å². The molecule has 0 amide bonds. The monoisotopic (exact) mass is 295 g/mol. The summed E-state index contributed by atoms with van der Waals surface area (Å²) < 4.78 is 9.11. The topological polar surface area (TPSA) is 95.7 Å². The molecule has 0 N–H and O–H groups in total.